The molecular formula is C20H24N2O4. The Kier molecular flexibility index (Phi) is 7.49. The molecule has 0 saturated heterocycles. The van der Waals surface area contributed by atoms with E-state index in [0.29, 0.717) is 23.7 Å². The van der Waals surface area contributed by atoms with E-state index < -0.39 is 11.8 Å². The zero-order valence-corrected chi connectivity index (χ0v) is 15.1. The molecule has 0 aliphatic rings. The van der Waals surface area contributed by atoms with Crippen molar-refractivity contribution in [2.24, 2.45) is 0 Å². The van der Waals surface area contributed by atoms with E-state index in [1.165, 1.54) is 0 Å². The fraction of sp³-hybridized carbons (Fsp3) is 0.300. The Bertz CT molecular complexity index is 729. The molecule has 2 aromatic rings. The zero-order valence-electron chi connectivity index (χ0n) is 15.1. The van der Waals surface area contributed by atoms with Gasteiger partial charge in [-0.2, -0.15) is 0 Å². The number of benzene rings is 2. The summed E-state index contributed by atoms with van der Waals surface area (Å²) in [6.07, 6.45) is 2.05. The lowest BCUT2D eigenvalue weighted by Gasteiger charge is -2.10. The lowest BCUT2D eigenvalue weighted by Crippen LogP contribution is -2.43. The second-order valence-corrected chi connectivity index (χ2v) is 5.83. The summed E-state index contributed by atoms with van der Waals surface area (Å²) in [5, 5.41) is 0. The van der Waals surface area contributed by atoms with Gasteiger partial charge in [-0.1, -0.05) is 25.5 Å². The first kappa shape index (κ1) is 19.3. The standard InChI is InChI=1S/C20H24N2O4/c1-3-4-12-25-17-10-8-16(9-11-17)20(24)22-21-19(23)14-26-18-7-5-6-15(2)13-18/h5-11,13H,3-4,12,14H2,1-2H3,(H,21,23)(H,22,24). The highest BCUT2D eigenvalue weighted by molar-refractivity contribution is 5.95. The Morgan fingerprint density at radius 1 is 0.962 bits per heavy atom. The third kappa shape index (κ3) is 6.47. The van der Waals surface area contributed by atoms with Crippen LogP contribution in [-0.4, -0.2) is 25.0 Å². The van der Waals surface area contributed by atoms with Crippen LogP contribution in [-0.2, 0) is 4.79 Å². The van der Waals surface area contributed by atoms with Crippen LogP contribution in [0.15, 0.2) is 48.5 Å². The van der Waals surface area contributed by atoms with Crippen LogP contribution in [0.1, 0.15) is 35.7 Å². The van der Waals surface area contributed by atoms with Crippen LogP contribution in [0.3, 0.4) is 0 Å². The van der Waals surface area contributed by atoms with Crippen LogP contribution in [0.5, 0.6) is 11.5 Å². The monoisotopic (exact) mass is 356 g/mol. The van der Waals surface area contributed by atoms with E-state index in [1.807, 2.05) is 25.1 Å². The first-order valence-electron chi connectivity index (χ1n) is 8.60. The first-order chi connectivity index (χ1) is 12.6. The molecule has 2 N–H and O–H groups in total. The molecule has 2 aromatic carbocycles. The average Bonchev–Trinajstić information content (AvgIpc) is 2.65. The molecule has 6 heteroatoms. The predicted octanol–water partition coefficient (Wildman–Crippen LogP) is 3.01. The summed E-state index contributed by atoms with van der Waals surface area (Å²) in [6, 6.07) is 14.1. The first-order valence-corrected chi connectivity index (χ1v) is 8.60. The van der Waals surface area contributed by atoms with Gasteiger partial charge in [-0.25, -0.2) is 0 Å². The van der Waals surface area contributed by atoms with Gasteiger partial charge in [0.1, 0.15) is 11.5 Å². The molecular weight excluding hydrogens is 332 g/mol. The van der Waals surface area contributed by atoms with Crippen molar-refractivity contribution in [3.63, 3.8) is 0 Å². The number of carbonyl (C=O) groups is 2. The van der Waals surface area contributed by atoms with E-state index in [4.69, 9.17) is 9.47 Å². The van der Waals surface area contributed by atoms with Crippen LogP contribution in [0.2, 0.25) is 0 Å². The lowest BCUT2D eigenvalue weighted by molar-refractivity contribution is -0.123. The van der Waals surface area contributed by atoms with Crippen molar-refractivity contribution < 1.29 is 19.1 Å². The van der Waals surface area contributed by atoms with Crippen LogP contribution < -0.4 is 20.3 Å². The van der Waals surface area contributed by atoms with Crippen molar-refractivity contribution in [1.29, 1.82) is 0 Å². The Morgan fingerprint density at radius 2 is 1.73 bits per heavy atom. The molecule has 0 atom stereocenters. The van der Waals surface area contributed by atoms with Gasteiger partial charge in [-0.3, -0.25) is 20.4 Å². The van der Waals surface area contributed by atoms with Crippen LogP contribution in [0, 0.1) is 6.92 Å². The molecule has 0 spiro atoms. The second-order valence-electron chi connectivity index (χ2n) is 5.83. The fourth-order valence-electron chi connectivity index (χ4n) is 2.13. The Hall–Kier alpha value is -3.02. The van der Waals surface area contributed by atoms with Crippen molar-refractivity contribution >= 4 is 11.8 Å². The molecule has 26 heavy (non-hydrogen) atoms. The van der Waals surface area contributed by atoms with Crippen LogP contribution >= 0.6 is 0 Å². The van der Waals surface area contributed by atoms with Crippen molar-refractivity contribution in [2.45, 2.75) is 26.7 Å². The molecule has 2 amide bonds. The molecule has 0 saturated carbocycles. The third-order valence-electron chi connectivity index (χ3n) is 3.56. The SMILES string of the molecule is CCCCOc1ccc(C(=O)NNC(=O)COc2cccc(C)c2)cc1. The molecule has 0 aliphatic carbocycles. The number of nitrogens with one attached hydrogen (secondary N) is 2. The normalized spacial score (nSPS) is 10.1. The summed E-state index contributed by atoms with van der Waals surface area (Å²) in [7, 11) is 0. The van der Waals surface area contributed by atoms with Gasteiger partial charge < -0.3 is 9.47 Å². The maximum atomic E-state index is 12.0. The maximum absolute atomic E-state index is 12.0. The minimum Gasteiger partial charge on any atom is -0.494 e. The highest BCUT2D eigenvalue weighted by atomic mass is 16.5. The molecule has 0 unspecified atom stereocenters. The minimum atomic E-state index is -0.445. The smallest absolute Gasteiger partial charge is 0.276 e. The number of amides is 2. The van der Waals surface area contributed by atoms with Crippen molar-refractivity contribution in [2.75, 3.05) is 13.2 Å². The molecule has 0 radical (unpaired) electrons. The Morgan fingerprint density at radius 3 is 2.42 bits per heavy atom. The van der Waals surface area contributed by atoms with Crippen LogP contribution in [0.4, 0.5) is 0 Å². The van der Waals surface area contributed by atoms with Gasteiger partial charge in [0.05, 0.1) is 6.61 Å². The molecule has 138 valence electrons. The van der Waals surface area contributed by atoms with Crippen molar-refractivity contribution in [1.82, 2.24) is 10.9 Å². The topological polar surface area (TPSA) is 76.7 Å². The predicted molar refractivity (Wildman–Crippen MR) is 99.1 cm³/mol. The van der Waals surface area contributed by atoms with Gasteiger partial charge in [0, 0.05) is 5.56 Å². The molecule has 6 nitrogen and oxygen atoms in total. The summed E-state index contributed by atoms with van der Waals surface area (Å²) in [6.45, 7) is 4.50. The van der Waals surface area contributed by atoms with Gasteiger partial charge in [-0.15, -0.1) is 0 Å². The Labute approximate surface area is 153 Å². The summed E-state index contributed by atoms with van der Waals surface area (Å²) in [5.74, 6) is 0.462. The van der Waals surface area contributed by atoms with Gasteiger partial charge >= 0.3 is 0 Å². The maximum Gasteiger partial charge on any atom is 0.276 e. The minimum absolute atomic E-state index is 0.187. The number of aryl methyl sites for hydroxylation is 1. The summed E-state index contributed by atoms with van der Waals surface area (Å²) >= 11 is 0. The molecule has 0 heterocycles. The number of rotatable bonds is 8. The largest absolute Gasteiger partial charge is 0.494 e. The summed E-state index contributed by atoms with van der Waals surface area (Å²) in [5.41, 5.74) is 6.15. The highest BCUT2D eigenvalue weighted by Crippen LogP contribution is 2.13. The highest BCUT2D eigenvalue weighted by Gasteiger charge is 2.08. The van der Waals surface area contributed by atoms with Gasteiger partial charge in [0.25, 0.3) is 11.8 Å². The number of hydrogen-bond acceptors (Lipinski definition) is 4. The number of hydrogen-bond donors (Lipinski definition) is 2. The molecule has 0 bridgehead atoms. The molecule has 2 rings (SSSR count). The van der Waals surface area contributed by atoms with E-state index in [0.717, 1.165) is 18.4 Å². The Balaban J connectivity index is 1.74. The van der Waals surface area contributed by atoms with E-state index >= 15 is 0 Å². The molecule has 0 fully saturated rings. The summed E-state index contributed by atoms with van der Waals surface area (Å²) < 4.78 is 10.9. The number of unbranched alkanes of at least 4 members (excludes halogenated alkanes) is 1. The zero-order chi connectivity index (χ0) is 18.8. The molecule has 0 aromatic heterocycles. The van der Waals surface area contributed by atoms with E-state index in [1.54, 1.807) is 30.3 Å². The van der Waals surface area contributed by atoms with E-state index in [9.17, 15) is 9.59 Å². The second kappa shape index (κ2) is 10.1. The van der Waals surface area contributed by atoms with Crippen molar-refractivity contribution in [3.05, 3.63) is 59.7 Å². The van der Waals surface area contributed by atoms with Gasteiger partial charge in [0.2, 0.25) is 0 Å². The lowest BCUT2D eigenvalue weighted by atomic mass is 10.2. The average molecular weight is 356 g/mol. The number of carbonyl (C=O) groups excluding carboxylic acids is 2. The fourth-order valence-corrected chi connectivity index (χ4v) is 2.13. The summed E-state index contributed by atoms with van der Waals surface area (Å²) in [4.78, 5) is 23.8. The van der Waals surface area contributed by atoms with E-state index in [2.05, 4.69) is 17.8 Å². The van der Waals surface area contributed by atoms with E-state index in [-0.39, 0.29) is 6.61 Å². The van der Waals surface area contributed by atoms with Gasteiger partial charge in [-0.05, 0) is 55.3 Å². The third-order valence-corrected chi connectivity index (χ3v) is 3.56. The number of ether oxygens (including phenoxy) is 2. The number of hydrazine groups is 1. The van der Waals surface area contributed by atoms with Crippen molar-refractivity contribution in [3.8, 4) is 11.5 Å². The quantitative estimate of drug-likeness (QED) is 0.563. The van der Waals surface area contributed by atoms with Gasteiger partial charge in [0.15, 0.2) is 6.61 Å². The van der Waals surface area contributed by atoms with Crippen LogP contribution in [0.25, 0.3) is 0 Å². The molecule has 0 aliphatic heterocycles.